The Hall–Kier alpha value is -3.81. The fourth-order valence-electron chi connectivity index (χ4n) is 5.06. The van der Waals surface area contributed by atoms with Gasteiger partial charge in [0.25, 0.3) is 0 Å². The molecule has 2 fully saturated rings. The molecule has 13 heteroatoms. The van der Waals surface area contributed by atoms with Crippen molar-refractivity contribution in [2.24, 2.45) is 0 Å². The second-order valence-corrected chi connectivity index (χ2v) is 13.2. The van der Waals surface area contributed by atoms with E-state index < -0.39 is 15.1 Å². The minimum Gasteiger partial charge on any atom is -0.494 e. The van der Waals surface area contributed by atoms with Gasteiger partial charge in [0.05, 0.1) is 65.1 Å². The number of morpholine rings is 1. The van der Waals surface area contributed by atoms with Gasteiger partial charge in [-0.05, 0) is 39.1 Å². The van der Waals surface area contributed by atoms with Crippen LogP contribution in [0.15, 0.2) is 47.5 Å². The number of para-hydroxylation sites is 1. The van der Waals surface area contributed by atoms with E-state index in [-0.39, 0.29) is 4.90 Å². The highest BCUT2D eigenvalue weighted by Gasteiger charge is 2.25. The van der Waals surface area contributed by atoms with Crippen LogP contribution < -0.4 is 30.9 Å². The Morgan fingerprint density at radius 2 is 1.64 bits per heavy atom. The van der Waals surface area contributed by atoms with E-state index in [9.17, 15) is 8.42 Å². The van der Waals surface area contributed by atoms with Crippen molar-refractivity contribution >= 4 is 50.0 Å². The summed E-state index contributed by atoms with van der Waals surface area (Å²) < 4.78 is 37.6. The molecule has 1 aromatic heterocycles. The molecular formula is C29H40N8O4S. The summed E-state index contributed by atoms with van der Waals surface area (Å²) in [5, 5.41) is 5.99. The Bertz CT molecular complexity index is 1500. The van der Waals surface area contributed by atoms with Crippen molar-refractivity contribution in [3.63, 3.8) is 0 Å². The van der Waals surface area contributed by atoms with Crippen molar-refractivity contribution in [2.75, 3.05) is 92.8 Å². The number of hydrogen-bond donors (Lipinski definition) is 3. The molecule has 0 amide bonds. The number of hydrogen-bond acceptors (Lipinski definition) is 12. The van der Waals surface area contributed by atoms with Crippen molar-refractivity contribution in [1.82, 2.24) is 14.9 Å². The van der Waals surface area contributed by atoms with Crippen molar-refractivity contribution in [1.29, 1.82) is 0 Å². The summed E-state index contributed by atoms with van der Waals surface area (Å²) >= 11 is 0. The van der Waals surface area contributed by atoms with E-state index >= 15 is 0 Å². The van der Waals surface area contributed by atoms with Gasteiger partial charge in [-0.2, -0.15) is 4.98 Å². The lowest BCUT2D eigenvalue weighted by Crippen LogP contribution is -2.44. The highest BCUT2D eigenvalue weighted by Crippen LogP contribution is 2.38. The molecule has 5 rings (SSSR count). The number of nitrogen functional groups attached to an aromatic ring is 1. The number of nitrogens with two attached hydrogens (primary N) is 1. The molecule has 2 aromatic carbocycles. The molecule has 12 nitrogen and oxygen atoms in total. The van der Waals surface area contributed by atoms with Crippen LogP contribution in [0.4, 0.5) is 40.2 Å². The SMILES string of the molecule is COc1cc(N2CCN(C)CC2)c(N)cc1Nc1ncc(N2CCOCC2)c(Nc2ccccc2S(=O)(=O)C(C)C)n1. The maximum Gasteiger partial charge on any atom is 0.229 e. The van der Waals surface area contributed by atoms with Crippen LogP contribution in [0.3, 0.4) is 0 Å². The van der Waals surface area contributed by atoms with Crippen molar-refractivity contribution in [3.05, 3.63) is 42.6 Å². The second kappa shape index (κ2) is 12.6. The lowest BCUT2D eigenvalue weighted by atomic mass is 10.2. The highest BCUT2D eigenvalue weighted by atomic mass is 32.2. The summed E-state index contributed by atoms with van der Waals surface area (Å²) in [6, 6.07) is 10.7. The summed E-state index contributed by atoms with van der Waals surface area (Å²) in [5.41, 5.74) is 9.90. The molecule has 2 aliphatic rings. The van der Waals surface area contributed by atoms with Gasteiger partial charge in [0, 0.05) is 45.3 Å². The standard InChI is InChI=1S/C29H40N8O4S/c1-20(2)42(38,39)27-8-6-5-7-22(27)32-28-25(37-13-15-41-16-14-37)19-31-29(34-28)33-23-17-21(30)24(18-26(23)40-4)36-11-9-35(3)10-12-36/h5-8,17-20H,9-16,30H2,1-4H3,(H2,31,32,33,34). The maximum absolute atomic E-state index is 13.2. The first-order valence-electron chi connectivity index (χ1n) is 14.1. The summed E-state index contributed by atoms with van der Waals surface area (Å²) in [4.78, 5) is 16.3. The molecule has 0 spiro atoms. The monoisotopic (exact) mass is 596 g/mol. The first-order chi connectivity index (χ1) is 20.2. The van der Waals surface area contributed by atoms with Gasteiger partial charge >= 0.3 is 0 Å². The number of anilines is 7. The maximum atomic E-state index is 13.2. The smallest absolute Gasteiger partial charge is 0.229 e. The van der Waals surface area contributed by atoms with E-state index in [0.29, 0.717) is 60.9 Å². The number of sulfone groups is 1. The van der Waals surface area contributed by atoms with Crippen LogP contribution >= 0.6 is 0 Å². The van der Waals surface area contributed by atoms with Crippen molar-refractivity contribution in [3.8, 4) is 5.75 Å². The first-order valence-corrected chi connectivity index (χ1v) is 15.7. The molecule has 4 N–H and O–H groups in total. The number of benzene rings is 2. The first kappa shape index (κ1) is 29.7. The largest absolute Gasteiger partial charge is 0.494 e. The van der Waals surface area contributed by atoms with E-state index in [2.05, 4.69) is 37.4 Å². The number of methoxy groups -OCH3 is 1. The van der Waals surface area contributed by atoms with Gasteiger partial charge in [0.1, 0.15) is 5.75 Å². The number of piperazine rings is 1. The number of likely N-dealkylation sites (N-methyl/N-ethyl adjacent to an activating group) is 1. The van der Waals surface area contributed by atoms with Gasteiger partial charge in [0.15, 0.2) is 15.7 Å². The van der Waals surface area contributed by atoms with E-state index in [1.54, 1.807) is 51.4 Å². The van der Waals surface area contributed by atoms with Crippen molar-refractivity contribution < 1.29 is 17.9 Å². The van der Waals surface area contributed by atoms with Crippen LogP contribution in [0.2, 0.25) is 0 Å². The normalized spacial score (nSPS) is 16.5. The highest BCUT2D eigenvalue weighted by molar-refractivity contribution is 7.92. The molecule has 0 saturated carbocycles. The number of nitrogens with zero attached hydrogens (tertiary/aromatic N) is 5. The number of rotatable bonds is 9. The zero-order valence-electron chi connectivity index (χ0n) is 24.6. The van der Waals surface area contributed by atoms with Crippen LogP contribution in [-0.2, 0) is 14.6 Å². The van der Waals surface area contributed by atoms with Crippen LogP contribution in [-0.4, -0.2) is 95.2 Å². The van der Waals surface area contributed by atoms with Gasteiger partial charge in [-0.1, -0.05) is 12.1 Å². The topological polar surface area (TPSA) is 138 Å². The zero-order chi connectivity index (χ0) is 29.9. The van der Waals surface area contributed by atoms with Gasteiger partial charge in [-0.15, -0.1) is 0 Å². The van der Waals surface area contributed by atoms with Crippen molar-refractivity contribution in [2.45, 2.75) is 24.0 Å². The van der Waals surface area contributed by atoms with Gasteiger partial charge in [-0.25, -0.2) is 13.4 Å². The Balaban J connectivity index is 1.49. The second-order valence-electron chi connectivity index (χ2n) is 10.8. The number of aromatic nitrogens is 2. The molecule has 2 aliphatic heterocycles. The molecule has 0 aliphatic carbocycles. The van der Waals surface area contributed by atoms with E-state index in [0.717, 1.165) is 37.6 Å². The molecule has 3 heterocycles. The van der Waals surface area contributed by atoms with Gasteiger partial charge in [0.2, 0.25) is 5.95 Å². The summed E-state index contributed by atoms with van der Waals surface area (Å²) in [6.07, 6.45) is 1.73. The molecule has 0 unspecified atom stereocenters. The average molecular weight is 597 g/mol. The van der Waals surface area contributed by atoms with E-state index in [4.69, 9.17) is 20.2 Å². The molecule has 3 aromatic rings. The number of ether oxygens (including phenoxy) is 2. The Morgan fingerprint density at radius 1 is 0.952 bits per heavy atom. The molecule has 0 bridgehead atoms. The molecule has 42 heavy (non-hydrogen) atoms. The fraction of sp³-hybridized carbons (Fsp3) is 0.448. The number of nitrogens with one attached hydrogen (secondary N) is 2. The third-order valence-corrected chi connectivity index (χ3v) is 9.84. The third kappa shape index (κ3) is 6.32. The van der Waals surface area contributed by atoms with Crippen LogP contribution in [0.1, 0.15) is 13.8 Å². The van der Waals surface area contributed by atoms with Crippen LogP contribution in [0.5, 0.6) is 5.75 Å². The van der Waals surface area contributed by atoms with E-state index in [1.165, 1.54) is 0 Å². The zero-order valence-corrected chi connectivity index (χ0v) is 25.4. The van der Waals surface area contributed by atoms with Gasteiger partial charge in [-0.3, -0.25) is 0 Å². The molecule has 0 radical (unpaired) electrons. The van der Waals surface area contributed by atoms with Crippen LogP contribution in [0.25, 0.3) is 0 Å². The molecule has 226 valence electrons. The minimum atomic E-state index is -3.55. The lowest BCUT2D eigenvalue weighted by Gasteiger charge is -2.35. The summed E-state index contributed by atoms with van der Waals surface area (Å²) in [5.74, 6) is 1.40. The third-order valence-electron chi connectivity index (χ3n) is 7.63. The Labute approximate surface area is 247 Å². The lowest BCUT2D eigenvalue weighted by molar-refractivity contribution is 0.122. The molecule has 2 saturated heterocycles. The van der Waals surface area contributed by atoms with E-state index in [1.807, 2.05) is 12.1 Å². The molecular weight excluding hydrogens is 556 g/mol. The minimum absolute atomic E-state index is 0.218. The fourth-order valence-corrected chi connectivity index (χ4v) is 6.26. The Kier molecular flexibility index (Phi) is 8.90. The predicted molar refractivity (Wildman–Crippen MR) is 168 cm³/mol. The summed E-state index contributed by atoms with van der Waals surface area (Å²) in [7, 11) is 0.185. The summed E-state index contributed by atoms with van der Waals surface area (Å²) in [6.45, 7) is 9.51. The quantitative estimate of drug-likeness (QED) is 0.312. The Morgan fingerprint density at radius 3 is 2.33 bits per heavy atom. The molecule has 0 atom stereocenters. The van der Waals surface area contributed by atoms with Crippen LogP contribution in [0, 0.1) is 0 Å². The average Bonchev–Trinajstić information content (AvgIpc) is 2.98. The predicted octanol–water partition coefficient (Wildman–Crippen LogP) is 3.33. The van der Waals surface area contributed by atoms with Gasteiger partial charge < -0.3 is 40.5 Å².